The Morgan fingerprint density at radius 2 is 1.72 bits per heavy atom. The molecule has 2 aromatic heterocycles. The van der Waals surface area contributed by atoms with Crippen LogP contribution in [0.3, 0.4) is 0 Å². The summed E-state index contributed by atoms with van der Waals surface area (Å²) in [6, 6.07) is 13.1. The highest BCUT2D eigenvalue weighted by Gasteiger charge is 2.34. The lowest BCUT2D eigenvalue weighted by Gasteiger charge is -2.25. The number of nitrogens with zero attached hydrogens (tertiary/aromatic N) is 3. The van der Waals surface area contributed by atoms with Gasteiger partial charge in [-0.3, -0.25) is 9.36 Å². The Morgan fingerprint density at radius 3 is 2.35 bits per heavy atom. The number of carbonyl (C=O) groups is 2. The third-order valence-corrected chi connectivity index (χ3v) is 8.35. The highest BCUT2D eigenvalue weighted by Crippen LogP contribution is 2.36. The van der Waals surface area contributed by atoms with E-state index in [-0.39, 0.29) is 23.3 Å². The number of benzene rings is 2. The molecule has 0 spiro atoms. The van der Waals surface area contributed by atoms with Crippen LogP contribution in [0.25, 0.3) is 11.8 Å². The second-order valence-corrected chi connectivity index (χ2v) is 10.9. The molecular weight excluding hydrogens is 570 g/mol. The predicted octanol–water partition coefficient (Wildman–Crippen LogP) is 3.92. The molecule has 0 fully saturated rings. The number of rotatable bonds is 8. The molecule has 3 heterocycles. The van der Waals surface area contributed by atoms with Crippen molar-refractivity contribution in [3.05, 3.63) is 108 Å². The quantitative estimate of drug-likeness (QED) is 0.304. The van der Waals surface area contributed by atoms with Gasteiger partial charge in [0.05, 0.1) is 48.2 Å². The Kier molecular flexibility index (Phi) is 8.10. The van der Waals surface area contributed by atoms with Crippen molar-refractivity contribution in [2.45, 2.75) is 33.7 Å². The second-order valence-electron chi connectivity index (χ2n) is 9.93. The van der Waals surface area contributed by atoms with E-state index in [0.717, 1.165) is 22.6 Å². The van der Waals surface area contributed by atoms with Crippen molar-refractivity contribution in [2.75, 3.05) is 20.8 Å². The van der Waals surface area contributed by atoms with E-state index in [1.807, 2.05) is 30.6 Å². The van der Waals surface area contributed by atoms with Crippen LogP contribution < -0.4 is 24.4 Å². The summed E-state index contributed by atoms with van der Waals surface area (Å²) in [4.78, 5) is 43.7. The van der Waals surface area contributed by atoms with E-state index in [1.54, 1.807) is 56.3 Å². The average Bonchev–Trinajstić information content (AvgIpc) is 3.45. The Morgan fingerprint density at radius 1 is 1.02 bits per heavy atom. The van der Waals surface area contributed by atoms with E-state index >= 15 is 0 Å². The first-order valence-corrected chi connectivity index (χ1v) is 14.4. The van der Waals surface area contributed by atoms with Crippen LogP contribution >= 0.6 is 11.3 Å². The minimum atomic E-state index is -0.990. The molecule has 1 N–H and O–H groups in total. The van der Waals surface area contributed by atoms with E-state index in [9.17, 15) is 19.5 Å². The first kappa shape index (κ1) is 29.6. The van der Waals surface area contributed by atoms with Gasteiger partial charge in [-0.05, 0) is 87.4 Å². The fourth-order valence-corrected chi connectivity index (χ4v) is 6.39. The zero-order valence-corrected chi connectivity index (χ0v) is 25.4. The van der Waals surface area contributed by atoms with Gasteiger partial charge in [0.25, 0.3) is 5.56 Å². The van der Waals surface area contributed by atoms with Crippen molar-refractivity contribution in [2.24, 2.45) is 4.99 Å². The molecule has 1 aliphatic rings. The predicted molar refractivity (Wildman–Crippen MR) is 162 cm³/mol. The molecule has 4 aromatic rings. The maximum atomic E-state index is 14.1. The number of methoxy groups -OCH3 is 2. The Balaban J connectivity index is 1.68. The van der Waals surface area contributed by atoms with Crippen molar-refractivity contribution in [3.63, 3.8) is 0 Å². The van der Waals surface area contributed by atoms with Crippen LogP contribution in [0.5, 0.6) is 11.5 Å². The lowest BCUT2D eigenvalue weighted by Crippen LogP contribution is -2.40. The summed E-state index contributed by atoms with van der Waals surface area (Å²) >= 11 is 1.24. The number of allylic oxidation sites excluding steroid dienone is 1. The molecular formula is C32H31N3O7S. The molecule has 43 heavy (non-hydrogen) atoms. The monoisotopic (exact) mass is 601 g/mol. The van der Waals surface area contributed by atoms with Gasteiger partial charge < -0.3 is 23.9 Å². The first-order chi connectivity index (χ1) is 20.6. The number of aromatic nitrogens is 2. The van der Waals surface area contributed by atoms with Gasteiger partial charge in [-0.25, -0.2) is 14.6 Å². The van der Waals surface area contributed by atoms with Crippen LogP contribution in [-0.2, 0) is 9.53 Å². The molecule has 10 nitrogen and oxygen atoms in total. The summed E-state index contributed by atoms with van der Waals surface area (Å²) in [6.45, 7) is 7.53. The second kappa shape index (κ2) is 11.8. The molecule has 0 unspecified atom stereocenters. The molecule has 2 aromatic carbocycles. The molecule has 0 amide bonds. The van der Waals surface area contributed by atoms with Crippen LogP contribution in [0.4, 0.5) is 0 Å². The number of aryl methyl sites for hydroxylation is 1. The topological polar surface area (TPSA) is 121 Å². The fraction of sp³-hybridized carbons (Fsp3) is 0.250. The van der Waals surface area contributed by atoms with Gasteiger partial charge in [-0.15, -0.1) is 0 Å². The summed E-state index contributed by atoms with van der Waals surface area (Å²) in [7, 11) is 3.06. The Hall–Kier alpha value is -4.90. The molecule has 11 heteroatoms. The molecule has 1 aliphatic heterocycles. The van der Waals surface area contributed by atoms with Crippen LogP contribution in [0, 0.1) is 13.8 Å². The van der Waals surface area contributed by atoms with Crippen molar-refractivity contribution in [1.82, 2.24) is 9.13 Å². The van der Waals surface area contributed by atoms with Gasteiger partial charge in [0.2, 0.25) is 0 Å². The Bertz CT molecular complexity index is 1960. The minimum absolute atomic E-state index is 0.174. The number of ether oxygens (including phenoxy) is 3. The highest BCUT2D eigenvalue weighted by molar-refractivity contribution is 7.07. The van der Waals surface area contributed by atoms with Gasteiger partial charge in [-0.1, -0.05) is 17.4 Å². The lowest BCUT2D eigenvalue weighted by molar-refractivity contribution is -0.139. The number of aromatic carboxylic acids is 1. The van der Waals surface area contributed by atoms with Crippen molar-refractivity contribution < 1.29 is 28.9 Å². The molecule has 5 rings (SSSR count). The summed E-state index contributed by atoms with van der Waals surface area (Å²) < 4.78 is 20.3. The van der Waals surface area contributed by atoms with Crippen molar-refractivity contribution >= 4 is 29.4 Å². The first-order valence-electron chi connectivity index (χ1n) is 13.5. The molecule has 0 saturated heterocycles. The minimum Gasteiger partial charge on any atom is -0.493 e. The van der Waals surface area contributed by atoms with Crippen LogP contribution in [0.15, 0.2) is 69.6 Å². The van der Waals surface area contributed by atoms with Gasteiger partial charge in [0.1, 0.15) is 0 Å². The smallest absolute Gasteiger partial charge is 0.338 e. The third kappa shape index (κ3) is 5.27. The number of carboxylic acid groups (broad SMARTS) is 1. The average molecular weight is 602 g/mol. The lowest BCUT2D eigenvalue weighted by atomic mass is 9.95. The molecule has 1 atom stereocenters. The molecule has 0 aliphatic carbocycles. The summed E-state index contributed by atoms with van der Waals surface area (Å²) in [5.41, 5.74) is 4.73. The fourth-order valence-electron chi connectivity index (χ4n) is 5.36. The van der Waals surface area contributed by atoms with E-state index in [0.29, 0.717) is 32.1 Å². The Labute approximate surface area is 251 Å². The van der Waals surface area contributed by atoms with Crippen LogP contribution in [0.2, 0.25) is 0 Å². The maximum Gasteiger partial charge on any atom is 0.338 e. The van der Waals surface area contributed by atoms with Gasteiger partial charge >= 0.3 is 11.9 Å². The van der Waals surface area contributed by atoms with Gasteiger partial charge in [-0.2, -0.15) is 0 Å². The molecule has 0 saturated carbocycles. The van der Waals surface area contributed by atoms with Gasteiger partial charge in [0, 0.05) is 17.1 Å². The maximum absolute atomic E-state index is 14.1. The number of esters is 1. The van der Waals surface area contributed by atoms with E-state index < -0.39 is 18.0 Å². The molecule has 0 radical (unpaired) electrons. The van der Waals surface area contributed by atoms with Crippen molar-refractivity contribution in [1.29, 1.82) is 0 Å². The van der Waals surface area contributed by atoms with E-state index in [1.165, 1.54) is 30.1 Å². The third-order valence-electron chi connectivity index (χ3n) is 7.37. The number of hydrogen-bond acceptors (Lipinski definition) is 8. The molecule has 222 valence electrons. The number of hydrogen-bond donors (Lipinski definition) is 1. The van der Waals surface area contributed by atoms with Crippen LogP contribution in [-0.4, -0.2) is 47.0 Å². The zero-order chi connectivity index (χ0) is 31.0. The number of thiazole rings is 1. The van der Waals surface area contributed by atoms with Crippen molar-refractivity contribution in [3.8, 4) is 17.2 Å². The summed E-state index contributed by atoms with van der Waals surface area (Å²) in [5.74, 6) is -0.555. The number of fused-ring (bicyclic) bond motifs is 1. The van der Waals surface area contributed by atoms with E-state index in [4.69, 9.17) is 14.2 Å². The summed E-state index contributed by atoms with van der Waals surface area (Å²) in [6.07, 6.45) is 1.82. The van der Waals surface area contributed by atoms with Crippen LogP contribution in [0.1, 0.15) is 52.8 Å². The largest absolute Gasteiger partial charge is 0.493 e. The molecule has 0 bridgehead atoms. The van der Waals surface area contributed by atoms with E-state index in [2.05, 4.69) is 4.99 Å². The number of carboxylic acids is 1. The van der Waals surface area contributed by atoms with Gasteiger partial charge in [0.15, 0.2) is 16.3 Å². The highest BCUT2D eigenvalue weighted by atomic mass is 32.1. The number of carbonyl (C=O) groups excluding carboxylic acids is 1. The SMILES string of the molecule is CCOC(=O)C1=C(C)N=c2s/c(=C/c3cc(C)n(-c4ccc(C(=O)O)cc4)c3C)c(=O)n2[C@@H]1c1ccc(OC)c(OC)c1. The standard InChI is InChI=1S/C32H31N3O7S/c1-7-42-31(39)27-18(3)33-32-35(28(27)21-10-13-24(40-5)25(15-21)41-6)29(36)26(43-32)16-22-14-17(2)34(19(22)4)23-11-8-20(9-12-23)30(37)38/h8-16,28H,7H2,1-6H3,(H,37,38)/b26-16+/t28-/m1/s1. The zero-order valence-electron chi connectivity index (χ0n) is 24.6. The summed E-state index contributed by atoms with van der Waals surface area (Å²) in [5, 5.41) is 9.26. The normalized spacial score (nSPS) is 14.7.